The second-order valence-corrected chi connectivity index (χ2v) is 11.2. The molecular formula is C28H33N7O2. The number of aromatic amines is 1. The maximum Gasteiger partial charge on any atom is 0.248 e. The van der Waals surface area contributed by atoms with Gasteiger partial charge in [-0.2, -0.15) is 5.26 Å². The van der Waals surface area contributed by atoms with Gasteiger partial charge in [0.1, 0.15) is 11.9 Å². The van der Waals surface area contributed by atoms with Crippen LogP contribution in [0.15, 0.2) is 47.3 Å². The Hall–Kier alpha value is -3.45. The zero-order valence-electron chi connectivity index (χ0n) is 21.4. The van der Waals surface area contributed by atoms with Crippen LogP contribution in [0.5, 0.6) is 0 Å². The van der Waals surface area contributed by atoms with Gasteiger partial charge in [0, 0.05) is 80.1 Å². The molecule has 0 saturated carbocycles. The van der Waals surface area contributed by atoms with Crippen LogP contribution >= 0.6 is 0 Å². The summed E-state index contributed by atoms with van der Waals surface area (Å²) in [6, 6.07) is 15.6. The predicted molar refractivity (Wildman–Crippen MR) is 144 cm³/mol. The predicted octanol–water partition coefficient (Wildman–Crippen LogP) is 2.03. The minimum atomic E-state index is -0.204. The van der Waals surface area contributed by atoms with E-state index in [-0.39, 0.29) is 23.3 Å². The molecule has 3 saturated heterocycles. The maximum atomic E-state index is 11.9. The number of hydrogen-bond donors (Lipinski definition) is 2. The quantitative estimate of drug-likeness (QED) is 0.548. The molecule has 3 aliphatic rings. The smallest absolute Gasteiger partial charge is 0.248 e. The number of ether oxygens (including phenoxy) is 1. The molecule has 2 aromatic heterocycles. The molecule has 0 amide bonds. The van der Waals surface area contributed by atoms with E-state index in [2.05, 4.69) is 57.8 Å². The van der Waals surface area contributed by atoms with Gasteiger partial charge in [-0.3, -0.25) is 9.69 Å². The van der Waals surface area contributed by atoms with Crippen LogP contribution in [0.1, 0.15) is 31.0 Å². The van der Waals surface area contributed by atoms with Crippen LogP contribution in [0.4, 0.5) is 11.5 Å². The standard InChI is InChI=1S/C28H33N7O2/c1-18-11-34(24-8-6-19(10-29)27-22(24)7-9-26(36)32-27)15-21(37-18)14-33-12-20(13-33)23-4-3-5-25(31-23)35-16-28(2,30)17-35/h3-9,18,20-21H,11-17,30H2,1-2H3,(H,32,36). The normalized spacial score (nSPS) is 23.9. The number of benzene rings is 1. The van der Waals surface area contributed by atoms with Gasteiger partial charge in [-0.15, -0.1) is 0 Å². The number of nitriles is 1. The summed E-state index contributed by atoms with van der Waals surface area (Å²) >= 11 is 0. The van der Waals surface area contributed by atoms with Crippen LogP contribution in [0.25, 0.3) is 10.9 Å². The summed E-state index contributed by atoms with van der Waals surface area (Å²) < 4.78 is 6.33. The summed E-state index contributed by atoms with van der Waals surface area (Å²) in [6.07, 6.45) is 0.146. The SMILES string of the molecule is CC1CN(c2ccc(C#N)c3[nH]c(=O)ccc23)CC(CN2CC(c3cccc(N4CC(C)(N)C4)n3)C2)O1. The van der Waals surface area contributed by atoms with Crippen molar-refractivity contribution in [3.8, 4) is 6.07 Å². The number of rotatable bonds is 5. The Kier molecular flexibility index (Phi) is 5.91. The molecule has 6 rings (SSSR count). The maximum absolute atomic E-state index is 11.9. The minimum Gasteiger partial charge on any atom is -0.370 e. The van der Waals surface area contributed by atoms with Crippen LogP contribution in [0.2, 0.25) is 0 Å². The lowest BCUT2D eigenvalue weighted by molar-refractivity contribution is -0.0436. The number of likely N-dealkylation sites (tertiary alicyclic amines) is 1. The second-order valence-electron chi connectivity index (χ2n) is 11.2. The average Bonchev–Trinajstić information content (AvgIpc) is 2.83. The summed E-state index contributed by atoms with van der Waals surface area (Å²) in [5, 5.41) is 10.4. The van der Waals surface area contributed by atoms with Crippen LogP contribution in [0.3, 0.4) is 0 Å². The van der Waals surface area contributed by atoms with Gasteiger partial charge in [-0.25, -0.2) is 4.98 Å². The summed E-state index contributed by atoms with van der Waals surface area (Å²) in [5.41, 5.74) is 9.10. The number of fused-ring (bicyclic) bond motifs is 1. The highest BCUT2D eigenvalue weighted by Gasteiger charge is 2.37. The van der Waals surface area contributed by atoms with Crippen LogP contribution < -0.4 is 21.1 Å². The highest BCUT2D eigenvalue weighted by Crippen LogP contribution is 2.32. The number of nitrogens with two attached hydrogens (primary N) is 1. The van der Waals surface area contributed by atoms with E-state index in [0.717, 1.165) is 68.4 Å². The summed E-state index contributed by atoms with van der Waals surface area (Å²) in [4.78, 5) is 26.7. The first-order valence-corrected chi connectivity index (χ1v) is 13.0. The fourth-order valence-electron chi connectivity index (χ4n) is 5.97. The van der Waals surface area contributed by atoms with E-state index < -0.39 is 0 Å². The highest BCUT2D eigenvalue weighted by molar-refractivity contribution is 5.95. The number of aromatic nitrogens is 2. The topological polar surface area (TPSA) is 115 Å². The Morgan fingerprint density at radius 3 is 2.70 bits per heavy atom. The molecule has 3 fully saturated rings. The monoisotopic (exact) mass is 499 g/mol. The van der Waals surface area contributed by atoms with E-state index in [1.165, 1.54) is 6.07 Å². The molecule has 0 bridgehead atoms. The van der Waals surface area contributed by atoms with Gasteiger partial charge in [0.2, 0.25) is 5.56 Å². The first-order valence-electron chi connectivity index (χ1n) is 13.0. The van der Waals surface area contributed by atoms with Crippen molar-refractivity contribution in [3.05, 3.63) is 64.1 Å². The van der Waals surface area contributed by atoms with Crippen molar-refractivity contribution in [2.24, 2.45) is 5.73 Å². The van der Waals surface area contributed by atoms with E-state index in [9.17, 15) is 10.1 Å². The summed E-state index contributed by atoms with van der Waals surface area (Å²) in [6.45, 7) is 10.2. The Bertz CT molecular complexity index is 1410. The number of nitrogens with one attached hydrogen (secondary N) is 1. The number of morpholine rings is 1. The lowest BCUT2D eigenvalue weighted by Crippen LogP contribution is -2.65. The molecule has 2 atom stereocenters. The van der Waals surface area contributed by atoms with Crippen molar-refractivity contribution >= 4 is 22.4 Å². The van der Waals surface area contributed by atoms with Gasteiger partial charge in [0.05, 0.1) is 23.3 Å². The second kappa shape index (κ2) is 9.14. The zero-order chi connectivity index (χ0) is 25.7. The molecule has 192 valence electrons. The van der Waals surface area contributed by atoms with E-state index in [0.29, 0.717) is 17.0 Å². The fraction of sp³-hybridized carbons (Fsp3) is 0.464. The first kappa shape index (κ1) is 23.9. The number of nitrogens with zero attached hydrogens (tertiary/aromatic N) is 5. The molecular weight excluding hydrogens is 466 g/mol. The number of pyridine rings is 2. The van der Waals surface area contributed by atoms with E-state index in [1.807, 2.05) is 12.1 Å². The molecule has 0 aliphatic carbocycles. The average molecular weight is 500 g/mol. The van der Waals surface area contributed by atoms with E-state index in [4.69, 9.17) is 15.5 Å². The van der Waals surface area contributed by atoms with Crippen molar-refractivity contribution in [2.75, 3.05) is 55.6 Å². The van der Waals surface area contributed by atoms with Crippen molar-refractivity contribution in [1.82, 2.24) is 14.9 Å². The minimum absolute atomic E-state index is 0.0702. The largest absolute Gasteiger partial charge is 0.370 e. The van der Waals surface area contributed by atoms with Crippen molar-refractivity contribution < 1.29 is 4.74 Å². The number of hydrogen-bond acceptors (Lipinski definition) is 8. The third-order valence-corrected chi connectivity index (χ3v) is 7.68. The fourth-order valence-corrected chi connectivity index (χ4v) is 5.97. The van der Waals surface area contributed by atoms with Gasteiger partial charge < -0.3 is 25.3 Å². The van der Waals surface area contributed by atoms with Gasteiger partial charge in [0.15, 0.2) is 0 Å². The first-order chi connectivity index (χ1) is 17.8. The molecule has 3 aromatic rings. The van der Waals surface area contributed by atoms with Gasteiger partial charge >= 0.3 is 0 Å². The Labute approximate surface area is 216 Å². The summed E-state index contributed by atoms with van der Waals surface area (Å²) in [5.74, 6) is 1.46. The molecule has 9 heteroatoms. The Morgan fingerprint density at radius 1 is 1.14 bits per heavy atom. The molecule has 5 heterocycles. The molecule has 3 aliphatic heterocycles. The van der Waals surface area contributed by atoms with Crippen molar-refractivity contribution in [1.29, 1.82) is 5.26 Å². The number of H-pyrrole nitrogens is 1. The third kappa shape index (κ3) is 4.68. The highest BCUT2D eigenvalue weighted by atomic mass is 16.5. The lowest BCUT2D eigenvalue weighted by atomic mass is 9.93. The third-order valence-electron chi connectivity index (χ3n) is 7.68. The van der Waals surface area contributed by atoms with Crippen molar-refractivity contribution in [2.45, 2.75) is 37.5 Å². The molecule has 37 heavy (non-hydrogen) atoms. The Morgan fingerprint density at radius 2 is 1.95 bits per heavy atom. The van der Waals surface area contributed by atoms with Gasteiger partial charge in [0.25, 0.3) is 0 Å². The van der Waals surface area contributed by atoms with Gasteiger partial charge in [-0.05, 0) is 44.2 Å². The molecule has 3 N–H and O–H groups in total. The number of anilines is 2. The zero-order valence-corrected chi connectivity index (χ0v) is 21.4. The van der Waals surface area contributed by atoms with Crippen molar-refractivity contribution in [3.63, 3.8) is 0 Å². The molecule has 1 aromatic carbocycles. The molecule has 9 nitrogen and oxygen atoms in total. The molecule has 0 spiro atoms. The van der Waals surface area contributed by atoms with E-state index in [1.54, 1.807) is 6.07 Å². The van der Waals surface area contributed by atoms with Crippen LogP contribution in [-0.4, -0.2) is 78.4 Å². The van der Waals surface area contributed by atoms with Gasteiger partial charge in [-0.1, -0.05) is 6.07 Å². The van der Waals surface area contributed by atoms with E-state index >= 15 is 0 Å². The Balaban J connectivity index is 1.11. The molecule has 2 unspecified atom stereocenters. The lowest BCUT2D eigenvalue weighted by Gasteiger charge is -2.47. The molecule has 0 radical (unpaired) electrons. The van der Waals surface area contributed by atoms with Crippen LogP contribution in [0, 0.1) is 11.3 Å². The summed E-state index contributed by atoms with van der Waals surface area (Å²) in [7, 11) is 0. The van der Waals surface area contributed by atoms with Crippen LogP contribution in [-0.2, 0) is 4.74 Å².